The van der Waals surface area contributed by atoms with E-state index < -0.39 is 34.5 Å². The van der Waals surface area contributed by atoms with E-state index >= 15 is 0 Å². The summed E-state index contributed by atoms with van der Waals surface area (Å²) in [6, 6.07) is 5.46. The van der Waals surface area contributed by atoms with Crippen molar-refractivity contribution in [1.29, 1.82) is 0 Å². The molecule has 196 valence electrons. The zero-order valence-electron chi connectivity index (χ0n) is 20.4. The number of nitrogens with two attached hydrogens (primary N) is 2. The fraction of sp³-hybridized carbons (Fsp3) is 0.269. The van der Waals surface area contributed by atoms with E-state index in [4.69, 9.17) is 11.5 Å². The number of ketones is 1. The van der Waals surface area contributed by atoms with E-state index in [1.807, 2.05) is 0 Å². The van der Waals surface area contributed by atoms with Crippen molar-refractivity contribution in [3.8, 4) is 11.3 Å². The summed E-state index contributed by atoms with van der Waals surface area (Å²) in [5.41, 5.74) is 12.0. The van der Waals surface area contributed by atoms with Crippen molar-refractivity contribution in [2.45, 2.75) is 25.4 Å². The maximum Gasteiger partial charge on any atom is 0.187 e. The van der Waals surface area contributed by atoms with Crippen LogP contribution in [0.15, 0.2) is 55.1 Å². The van der Waals surface area contributed by atoms with E-state index in [9.17, 15) is 18.0 Å². The van der Waals surface area contributed by atoms with Gasteiger partial charge in [0.1, 0.15) is 23.0 Å². The largest absolute Gasteiger partial charge is 0.397 e. The van der Waals surface area contributed by atoms with Gasteiger partial charge in [-0.1, -0.05) is 18.2 Å². The fourth-order valence-electron chi connectivity index (χ4n) is 5.09. The number of pyridine rings is 2. The Labute approximate surface area is 216 Å². The highest BCUT2D eigenvalue weighted by Gasteiger charge is 2.35. The van der Waals surface area contributed by atoms with Gasteiger partial charge in [0.15, 0.2) is 11.6 Å². The van der Waals surface area contributed by atoms with Gasteiger partial charge in [-0.05, 0) is 24.1 Å². The molecule has 4 N–H and O–H groups in total. The second-order valence-electron chi connectivity index (χ2n) is 9.38. The molecule has 0 spiro atoms. The van der Waals surface area contributed by atoms with Crippen LogP contribution in [0.3, 0.4) is 0 Å². The van der Waals surface area contributed by atoms with Crippen LogP contribution in [0, 0.1) is 23.4 Å². The van der Waals surface area contributed by atoms with E-state index in [2.05, 4.69) is 32.1 Å². The summed E-state index contributed by atoms with van der Waals surface area (Å²) in [7, 11) is 0. The summed E-state index contributed by atoms with van der Waals surface area (Å²) < 4.78 is 45.1. The van der Waals surface area contributed by atoms with Crippen LogP contribution >= 0.6 is 0 Å². The van der Waals surface area contributed by atoms with Crippen molar-refractivity contribution in [3.63, 3.8) is 0 Å². The minimum atomic E-state index is -1.04. The molecular weight excluding hydrogens is 497 g/mol. The van der Waals surface area contributed by atoms with Crippen LogP contribution in [0.1, 0.15) is 29.0 Å². The quantitative estimate of drug-likeness (QED) is 0.370. The Bertz CT molecular complexity index is 1450. The number of hydrogen-bond acceptors (Lipinski definition) is 8. The standard InChI is InChI=1S/C26H25F3N8O/c1-14-12-36(13-20(31)26(14)37-8-7-33-35-37)21-5-6-32-11-15(21)9-22(38)25-19(30)10-18(29)24(34-25)23-16(27)3-2-4-17(23)28/h2-8,10-11,14,20,26H,9,12-13,30-31H2,1H3/t14-,20+,26-/m0/s1. The predicted molar refractivity (Wildman–Crippen MR) is 135 cm³/mol. The van der Waals surface area contributed by atoms with Crippen molar-refractivity contribution in [2.24, 2.45) is 11.7 Å². The van der Waals surface area contributed by atoms with Crippen LogP contribution in [-0.2, 0) is 6.42 Å². The van der Waals surface area contributed by atoms with E-state index in [-0.39, 0.29) is 35.8 Å². The first-order valence-electron chi connectivity index (χ1n) is 12.0. The number of Topliss-reactive ketones (excluding diaryl/α,β-unsaturated/α-hetero) is 1. The molecule has 1 aromatic carbocycles. The normalized spacial score (nSPS) is 19.5. The molecule has 1 aliphatic rings. The van der Waals surface area contributed by atoms with Gasteiger partial charge in [-0.3, -0.25) is 9.78 Å². The molecule has 3 atom stereocenters. The predicted octanol–water partition coefficient (Wildman–Crippen LogP) is 3.18. The SMILES string of the molecule is C[C@H]1CN(c2ccncc2CC(=O)c2nc(-c3c(F)cccc3F)c(F)cc2N)C[C@@H](N)[C@H]1n1ccnn1. The van der Waals surface area contributed by atoms with Crippen LogP contribution in [-0.4, -0.2) is 49.9 Å². The molecule has 0 aliphatic carbocycles. The lowest BCUT2D eigenvalue weighted by Gasteiger charge is -2.42. The molecule has 3 aromatic heterocycles. The molecule has 1 aliphatic heterocycles. The summed E-state index contributed by atoms with van der Waals surface area (Å²) in [6.45, 7) is 3.20. The summed E-state index contributed by atoms with van der Waals surface area (Å²) in [4.78, 5) is 23.5. The minimum absolute atomic E-state index is 0.0407. The third-order valence-corrected chi connectivity index (χ3v) is 6.75. The van der Waals surface area contributed by atoms with Crippen molar-refractivity contribution >= 4 is 17.2 Å². The second kappa shape index (κ2) is 10.2. The summed E-state index contributed by atoms with van der Waals surface area (Å²) >= 11 is 0. The van der Waals surface area contributed by atoms with Gasteiger partial charge in [0, 0.05) is 61.5 Å². The van der Waals surface area contributed by atoms with Crippen molar-refractivity contribution in [2.75, 3.05) is 23.7 Å². The van der Waals surface area contributed by atoms with Crippen LogP contribution in [0.4, 0.5) is 24.5 Å². The lowest BCUT2D eigenvalue weighted by atomic mass is 9.89. The van der Waals surface area contributed by atoms with Gasteiger partial charge in [0.25, 0.3) is 0 Å². The second-order valence-corrected chi connectivity index (χ2v) is 9.38. The monoisotopic (exact) mass is 522 g/mol. The molecule has 0 bridgehead atoms. The van der Waals surface area contributed by atoms with Gasteiger partial charge in [-0.25, -0.2) is 22.8 Å². The molecule has 5 rings (SSSR count). The number of nitrogens with zero attached hydrogens (tertiary/aromatic N) is 6. The number of aromatic nitrogens is 5. The number of piperidine rings is 1. The molecule has 1 fully saturated rings. The first kappa shape index (κ1) is 25.3. The smallest absolute Gasteiger partial charge is 0.187 e. The first-order valence-corrected chi connectivity index (χ1v) is 12.0. The van der Waals surface area contributed by atoms with Crippen LogP contribution in [0.2, 0.25) is 0 Å². The van der Waals surface area contributed by atoms with Crippen LogP contribution < -0.4 is 16.4 Å². The number of halogens is 3. The highest BCUT2D eigenvalue weighted by atomic mass is 19.1. The first-order chi connectivity index (χ1) is 18.2. The van der Waals surface area contributed by atoms with Gasteiger partial charge in [-0.15, -0.1) is 5.10 Å². The van der Waals surface area contributed by atoms with Crippen molar-refractivity contribution < 1.29 is 18.0 Å². The molecule has 9 nitrogen and oxygen atoms in total. The van der Waals surface area contributed by atoms with Gasteiger partial charge in [0.05, 0.1) is 23.5 Å². The van der Waals surface area contributed by atoms with Gasteiger partial charge < -0.3 is 16.4 Å². The molecule has 38 heavy (non-hydrogen) atoms. The number of benzene rings is 1. The van der Waals surface area contributed by atoms with Crippen molar-refractivity contribution in [1.82, 2.24) is 25.0 Å². The molecule has 0 saturated carbocycles. The van der Waals surface area contributed by atoms with Gasteiger partial charge >= 0.3 is 0 Å². The lowest BCUT2D eigenvalue weighted by Crippen LogP contribution is -2.53. The van der Waals surface area contributed by atoms with E-state index in [1.54, 1.807) is 35.5 Å². The average Bonchev–Trinajstić information content (AvgIpc) is 3.39. The molecule has 1 saturated heterocycles. The Morgan fingerprint density at radius 1 is 1.11 bits per heavy atom. The van der Waals surface area contributed by atoms with Crippen LogP contribution in [0.25, 0.3) is 11.3 Å². The van der Waals surface area contributed by atoms with E-state index in [1.165, 1.54) is 0 Å². The molecule has 0 radical (unpaired) electrons. The minimum Gasteiger partial charge on any atom is -0.397 e. The summed E-state index contributed by atoms with van der Waals surface area (Å²) in [5, 5.41) is 7.99. The number of rotatable bonds is 6. The molecule has 0 amide bonds. The Kier molecular flexibility index (Phi) is 6.81. The maximum atomic E-state index is 14.7. The highest BCUT2D eigenvalue weighted by molar-refractivity contribution is 6.01. The molecule has 4 aromatic rings. The van der Waals surface area contributed by atoms with Gasteiger partial charge in [-0.2, -0.15) is 0 Å². The van der Waals surface area contributed by atoms with Gasteiger partial charge in [0.2, 0.25) is 0 Å². The number of anilines is 2. The Balaban J connectivity index is 1.43. The average molecular weight is 523 g/mol. The number of nitrogen functional groups attached to an aromatic ring is 1. The maximum absolute atomic E-state index is 14.7. The Hall–Kier alpha value is -4.32. The molecule has 4 heterocycles. The zero-order chi connectivity index (χ0) is 27.0. The Morgan fingerprint density at radius 3 is 2.55 bits per heavy atom. The lowest BCUT2D eigenvalue weighted by molar-refractivity contribution is 0.0989. The Morgan fingerprint density at radius 2 is 1.87 bits per heavy atom. The fourth-order valence-corrected chi connectivity index (χ4v) is 5.09. The van der Waals surface area contributed by atoms with E-state index in [0.717, 1.165) is 30.0 Å². The molecule has 0 unspecified atom stereocenters. The highest BCUT2D eigenvalue weighted by Crippen LogP contribution is 2.33. The summed E-state index contributed by atoms with van der Waals surface area (Å²) in [5.74, 6) is -3.49. The molecular formula is C26H25F3N8O. The molecule has 12 heteroatoms. The summed E-state index contributed by atoms with van der Waals surface area (Å²) in [6.07, 6.45) is 6.41. The number of carbonyl (C=O) groups is 1. The third kappa shape index (κ3) is 4.70. The van der Waals surface area contributed by atoms with Crippen molar-refractivity contribution in [3.05, 3.63) is 83.8 Å². The van der Waals surface area contributed by atoms with E-state index in [0.29, 0.717) is 18.7 Å². The van der Waals surface area contributed by atoms with Crippen LogP contribution in [0.5, 0.6) is 0 Å². The number of carbonyl (C=O) groups excluding carboxylic acids is 1. The third-order valence-electron chi connectivity index (χ3n) is 6.75. The number of hydrogen-bond donors (Lipinski definition) is 2. The topological polar surface area (TPSA) is 129 Å². The zero-order valence-corrected chi connectivity index (χ0v) is 20.4.